The maximum absolute atomic E-state index is 13.6. The largest absolute Gasteiger partial charge is 0.497 e. The molecular weight excluding hydrogens is 423 g/mol. The lowest BCUT2D eigenvalue weighted by atomic mass is 10.0. The van der Waals surface area contributed by atoms with E-state index in [-0.39, 0.29) is 17.0 Å². The Labute approximate surface area is 191 Å². The van der Waals surface area contributed by atoms with Crippen LogP contribution in [0.5, 0.6) is 11.5 Å². The van der Waals surface area contributed by atoms with Crippen LogP contribution < -0.4 is 19.7 Å². The van der Waals surface area contributed by atoms with Crippen molar-refractivity contribution >= 4 is 28.8 Å². The van der Waals surface area contributed by atoms with E-state index in [4.69, 9.17) is 9.47 Å². The molecule has 0 aromatic heterocycles. The topological polar surface area (TPSA) is 67.9 Å². The molecule has 4 rings (SSSR count). The number of hydrogen-bond acceptors (Lipinski definition) is 5. The van der Waals surface area contributed by atoms with Crippen LogP contribution in [0.25, 0.3) is 5.57 Å². The number of aryl methyl sites for hydroxylation is 1. The molecule has 1 N–H and O–H groups in total. The van der Waals surface area contributed by atoms with Crippen molar-refractivity contribution in [3.63, 3.8) is 0 Å². The fourth-order valence-corrected chi connectivity index (χ4v) is 3.69. The van der Waals surface area contributed by atoms with Crippen LogP contribution >= 0.6 is 0 Å². The summed E-state index contributed by atoms with van der Waals surface area (Å²) in [6.45, 7) is 2.05. The Morgan fingerprint density at radius 2 is 1.58 bits per heavy atom. The van der Waals surface area contributed by atoms with Crippen LogP contribution in [0, 0.1) is 5.82 Å². The second-order valence-electron chi connectivity index (χ2n) is 7.42. The van der Waals surface area contributed by atoms with E-state index in [1.54, 1.807) is 18.2 Å². The minimum Gasteiger partial charge on any atom is -0.497 e. The average molecular weight is 446 g/mol. The number of rotatable bonds is 7. The lowest BCUT2D eigenvalue weighted by Gasteiger charge is -2.19. The third-order valence-corrected chi connectivity index (χ3v) is 5.48. The molecule has 33 heavy (non-hydrogen) atoms. The zero-order valence-corrected chi connectivity index (χ0v) is 18.5. The summed E-state index contributed by atoms with van der Waals surface area (Å²) in [6.07, 6.45) is 0.881. The molecule has 2 amide bonds. The van der Waals surface area contributed by atoms with Crippen molar-refractivity contribution < 1.29 is 23.5 Å². The van der Waals surface area contributed by atoms with Gasteiger partial charge in [0.1, 0.15) is 23.0 Å². The average Bonchev–Trinajstić information content (AvgIpc) is 3.08. The minimum absolute atomic E-state index is 0.105. The predicted octanol–water partition coefficient (Wildman–Crippen LogP) is 4.80. The van der Waals surface area contributed by atoms with Gasteiger partial charge in [-0.25, -0.2) is 9.29 Å². The first kappa shape index (κ1) is 22.1. The predicted molar refractivity (Wildman–Crippen MR) is 125 cm³/mol. The molecule has 0 fully saturated rings. The summed E-state index contributed by atoms with van der Waals surface area (Å²) in [6, 6.07) is 17.9. The second-order valence-corrected chi connectivity index (χ2v) is 7.42. The summed E-state index contributed by atoms with van der Waals surface area (Å²) >= 11 is 0. The van der Waals surface area contributed by atoms with Crippen molar-refractivity contribution in [3.05, 3.63) is 89.4 Å². The molecule has 168 valence electrons. The number of nitrogens with zero attached hydrogens (tertiary/aromatic N) is 1. The summed E-state index contributed by atoms with van der Waals surface area (Å²) in [5.74, 6) is -0.682. The van der Waals surface area contributed by atoms with E-state index in [0.29, 0.717) is 22.7 Å². The minimum atomic E-state index is -0.539. The number of anilines is 2. The summed E-state index contributed by atoms with van der Waals surface area (Å²) in [7, 11) is 2.96. The number of amides is 2. The van der Waals surface area contributed by atoms with Crippen LogP contribution in [0.1, 0.15) is 18.1 Å². The first-order chi connectivity index (χ1) is 16.0. The third-order valence-electron chi connectivity index (χ3n) is 5.48. The van der Waals surface area contributed by atoms with Gasteiger partial charge in [-0.3, -0.25) is 9.59 Å². The Morgan fingerprint density at radius 3 is 2.18 bits per heavy atom. The van der Waals surface area contributed by atoms with E-state index in [2.05, 4.69) is 12.2 Å². The molecule has 1 aliphatic rings. The quantitative estimate of drug-likeness (QED) is 0.528. The summed E-state index contributed by atoms with van der Waals surface area (Å²) < 4.78 is 24.2. The molecule has 3 aromatic carbocycles. The highest BCUT2D eigenvalue weighted by Gasteiger charge is 2.41. The smallest absolute Gasteiger partial charge is 0.282 e. The van der Waals surface area contributed by atoms with Crippen LogP contribution in [0.2, 0.25) is 0 Å². The normalized spacial score (nSPS) is 13.5. The second kappa shape index (κ2) is 9.16. The number of methoxy groups -OCH3 is 2. The van der Waals surface area contributed by atoms with Crippen molar-refractivity contribution in [3.8, 4) is 11.5 Å². The lowest BCUT2D eigenvalue weighted by Crippen LogP contribution is -2.32. The Hall–Kier alpha value is -4.13. The molecule has 0 unspecified atom stereocenters. The maximum atomic E-state index is 13.6. The molecule has 7 heteroatoms. The fraction of sp³-hybridized carbons (Fsp3) is 0.154. The summed E-state index contributed by atoms with van der Waals surface area (Å²) in [5, 5.41) is 3.10. The Kier molecular flexibility index (Phi) is 6.13. The molecule has 0 bridgehead atoms. The van der Waals surface area contributed by atoms with Crippen molar-refractivity contribution in [2.45, 2.75) is 13.3 Å². The molecule has 0 aliphatic carbocycles. The van der Waals surface area contributed by atoms with Crippen LogP contribution in [0.4, 0.5) is 15.8 Å². The SMILES string of the molecule is CCc1ccc(NC2=C(c3ccc(F)cc3)C(=O)N(c3ccc(OC)cc3OC)C2=O)cc1. The van der Waals surface area contributed by atoms with E-state index in [0.717, 1.165) is 16.9 Å². The Bertz CT molecular complexity index is 1230. The number of carbonyl (C=O) groups excluding carboxylic acids is 2. The molecule has 1 aliphatic heterocycles. The monoisotopic (exact) mass is 446 g/mol. The highest BCUT2D eigenvalue weighted by Crippen LogP contribution is 2.39. The van der Waals surface area contributed by atoms with Gasteiger partial charge in [-0.15, -0.1) is 0 Å². The van der Waals surface area contributed by atoms with Gasteiger partial charge < -0.3 is 14.8 Å². The van der Waals surface area contributed by atoms with Gasteiger partial charge in [0, 0.05) is 11.8 Å². The maximum Gasteiger partial charge on any atom is 0.282 e. The van der Waals surface area contributed by atoms with E-state index < -0.39 is 17.6 Å². The van der Waals surface area contributed by atoms with Gasteiger partial charge in [-0.1, -0.05) is 31.2 Å². The van der Waals surface area contributed by atoms with Crippen LogP contribution in [0.3, 0.4) is 0 Å². The van der Waals surface area contributed by atoms with Gasteiger partial charge in [-0.2, -0.15) is 0 Å². The molecule has 0 saturated heterocycles. The van der Waals surface area contributed by atoms with Gasteiger partial charge >= 0.3 is 0 Å². The highest BCUT2D eigenvalue weighted by atomic mass is 19.1. The number of hydrogen-bond donors (Lipinski definition) is 1. The summed E-state index contributed by atoms with van der Waals surface area (Å²) in [4.78, 5) is 28.1. The van der Waals surface area contributed by atoms with Crippen molar-refractivity contribution in [2.75, 3.05) is 24.4 Å². The molecule has 0 spiro atoms. The van der Waals surface area contributed by atoms with Crippen LogP contribution in [0.15, 0.2) is 72.4 Å². The Morgan fingerprint density at radius 1 is 0.879 bits per heavy atom. The zero-order valence-electron chi connectivity index (χ0n) is 18.5. The number of carbonyl (C=O) groups is 2. The molecule has 3 aromatic rings. The van der Waals surface area contributed by atoms with Crippen molar-refractivity contribution in [1.82, 2.24) is 0 Å². The molecule has 0 atom stereocenters. The van der Waals surface area contributed by atoms with Crippen LogP contribution in [-0.2, 0) is 16.0 Å². The van der Waals surface area contributed by atoms with Crippen molar-refractivity contribution in [2.24, 2.45) is 0 Å². The number of benzene rings is 3. The molecule has 6 nitrogen and oxygen atoms in total. The first-order valence-electron chi connectivity index (χ1n) is 10.4. The van der Waals surface area contributed by atoms with Crippen LogP contribution in [-0.4, -0.2) is 26.0 Å². The molecule has 1 heterocycles. The molecule has 0 radical (unpaired) electrons. The number of nitrogens with one attached hydrogen (secondary N) is 1. The van der Waals surface area contributed by atoms with E-state index in [1.807, 2.05) is 24.3 Å². The van der Waals surface area contributed by atoms with E-state index in [9.17, 15) is 14.0 Å². The standard InChI is InChI=1S/C26H23FN2O4/c1-4-16-5-11-19(12-6-16)28-24-23(17-7-9-18(27)10-8-17)25(30)29(26(24)31)21-14-13-20(32-2)15-22(21)33-3/h5-15,28H,4H2,1-3H3. The Balaban J connectivity index is 1.81. The molecular formula is C26H23FN2O4. The summed E-state index contributed by atoms with van der Waals surface area (Å²) in [5.41, 5.74) is 2.77. The van der Waals surface area contributed by atoms with Crippen molar-refractivity contribution in [1.29, 1.82) is 0 Å². The zero-order chi connectivity index (χ0) is 23.5. The fourth-order valence-electron chi connectivity index (χ4n) is 3.69. The van der Waals surface area contributed by atoms with Gasteiger partial charge in [0.25, 0.3) is 11.8 Å². The van der Waals surface area contributed by atoms with Gasteiger partial charge in [0.2, 0.25) is 0 Å². The van der Waals surface area contributed by atoms with Gasteiger partial charge in [0.15, 0.2) is 0 Å². The van der Waals surface area contributed by atoms with E-state index >= 15 is 0 Å². The number of halogens is 1. The third kappa shape index (κ3) is 4.17. The lowest BCUT2D eigenvalue weighted by molar-refractivity contribution is -0.120. The highest BCUT2D eigenvalue weighted by molar-refractivity contribution is 6.46. The molecule has 0 saturated carbocycles. The van der Waals surface area contributed by atoms with Gasteiger partial charge in [0.05, 0.1) is 25.5 Å². The van der Waals surface area contributed by atoms with Gasteiger partial charge in [-0.05, 0) is 53.9 Å². The number of ether oxygens (including phenoxy) is 2. The first-order valence-corrected chi connectivity index (χ1v) is 10.4. The number of imide groups is 1. The van der Waals surface area contributed by atoms with E-state index in [1.165, 1.54) is 38.5 Å².